The second-order valence-electron chi connectivity index (χ2n) is 5.35. The molecule has 1 saturated heterocycles. The Hall–Kier alpha value is -1.73. The van der Waals surface area contributed by atoms with Crippen LogP contribution in [0.2, 0.25) is 0 Å². The largest absolute Gasteiger partial charge is 0.396 e. The number of carbonyl (C=O) groups is 1. The van der Waals surface area contributed by atoms with E-state index in [1.165, 1.54) is 11.9 Å². The lowest BCUT2D eigenvalue weighted by molar-refractivity contribution is -0.0734. The number of nitrogen functional groups attached to an aromatic ring is 1. The minimum absolute atomic E-state index is 0.0475. The Morgan fingerprint density at radius 1 is 1.38 bits per heavy atom. The van der Waals surface area contributed by atoms with Gasteiger partial charge in [-0.15, -0.1) is 0 Å². The molecule has 0 spiro atoms. The first-order chi connectivity index (χ1) is 9.82. The number of amides is 1. The molecule has 0 saturated carbocycles. The number of benzene rings is 1. The topological polar surface area (TPSA) is 75.8 Å². The fraction of sp³-hybridized carbons (Fsp3) is 0.500. The van der Waals surface area contributed by atoms with Gasteiger partial charge in [0.2, 0.25) is 0 Å². The number of nitrogens with two attached hydrogens (primary N) is 1. The van der Waals surface area contributed by atoms with Crippen molar-refractivity contribution in [2.75, 3.05) is 32.5 Å². The number of aliphatic hydroxyl groups is 1. The van der Waals surface area contributed by atoms with Crippen molar-refractivity contribution in [3.8, 4) is 0 Å². The highest BCUT2D eigenvalue weighted by atomic mass is 19.1. The summed E-state index contributed by atoms with van der Waals surface area (Å²) in [5.74, 6) is -2.54. The van der Waals surface area contributed by atoms with Crippen LogP contribution in [0.15, 0.2) is 12.1 Å². The van der Waals surface area contributed by atoms with Gasteiger partial charge in [-0.3, -0.25) is 4.79 Å². The molecule has 7 heteroatoms. The van der Waals surface area contributed by atoms with E-state index in [9.17, 15) is 18.7 Å². The normalized spacial score (nSPS) is 17.5. The summed E-state index contributed by atoms with van der Waals surface area (Å²) in [5, 5.41) is 10.4. The smallest absolute Gasteiger partial charge is 0.256 e. The third-order valence-electron chi connectivity index (χ3n) is 3.62. The zero-order chi connectivity index (χ0) is 15.6. The maximum atomic E-state index is 13.7. The summed E-state index contributed by atoms with van der Waals surface area (Å²) in [6, 6.07) is 1.55. The number of hydrogen-bond donors (Lipinski definition) is 2. The quantitative estimate of drug-likeness (QED) is 0.821. The predicted molar refractivity (Wildman–Crippen MR) is 72.7 cm³/mol. The van der Waals surface area contributed by atoms with Crippen molar-refractivity contribution in [3.05, 3.63) is 29.3 Å². The van der Waals surface area contributed by atoms with E-state index in [1.807, 2.05) is 0 Å². The Kier molecular flexibility index (Phi) is 4.43. The number of halogens is 2. The van der Waals surface area contributed by atoms with E-state index in [0.717, 1.165) is 6.07 Å². The van der Waals surface area contributed by atoms with E-state index in [0.29, 0.717) is 32.1 Å². The van der Waals surface area contributed by atoms with Crippen LogP contribution in [0.1, 0.15) is 23.2 Å². The molecule has 1 amide bonds. The summed E-state index contributed by atoms with van der Waals surface area (Å²) < 4.78 is 32.0. The third kappa shape index (κ3) is 3.48. The molecular formula is C14H18F2N2O3. The summed E-state index contributed by atoms with van der Waals surface area (Å²) in [4.78, 5) is 13.4. The van der Waals surface area contributed by atoms with E-state index >= 15 is 0 Å². The maximum Gasteiger partial charge on any atom is 0.256 e. The van der Waals surface area contributed by atoms with Crippen LogP contribution in [0.25, 0.3) is 0 Å². The first kappa shape index (κ1) is 15.7. The summed E-state index contributed by atoms with van der Waals surface area (Å²) >= 11 is 0. The molecule has 3 N–H and O–H groups in total. The molecule has 0 aliphatic carbocycles. The van der Waals surface area contributed by atoms with Gasteiger partial charge in [0, 0.05) is 45.7 Å². The third-order valence-corrected chi connectivity index (χ3v) is 3.62. The zero-order valence-electron chi connectivity index (χ0n) is 11.7. The van der Waals surface area contributed by atoms with Crippen LogP contribution >= 0.6 is 0 Å². The van der Waals surface area contributed by atoms with E-state index in [4.69, 9.17) is 10.5 Å². The summed E-state index contributed by atoms with van der Waals surface area (Å²) in [6.07, 6.45) is 0.803. The molecule has 116 valence electrons. The van der Waals surface area contributed by atoms with Crippen molar-refractivity contribution in [1.82, 2.24) is 4.90 Å². The predicted octanol–water partition coefficient (Wildman–Crippen LogP) is 1.16. The molecule has 1 aromatic rings. The molecule has 21 heavy (non-hydrogen) atoms. The SMILES string of the molecule is CN(CC1(O)CCOCC1)C(=O)c1cc(N)c(F)cc1F. The highest BCUT2D eigenvalue weighted by Gasteiger charge is 2.33. The lowest BCUT2D eigenvalue weighted by Crippen LogP contribution is -2.47. The molecule has 5 nitrogen and oxygen atoms in total. The van der Waals surface area contributed by atoms with Gasteiger partial charge in [0.25, 0.3) is 5.91 Å². The van der Waals surface area contributed by atoms with Gasteiger partial charge in [0.15, 0.2) is 0 Å². The van der Waals surface area contributed by atoms with Gasteiger partial charge in [-0.05, 0) is 6.07 Å². The first-order valence-electron chi connectivity index (χ1n) is 6.62. The number of ether oxygens (including phenoxy) is 1. The fourth-order valence-electron chi connectivity index (χ4n) is 2.36. The molecule has 1 heterocycles. The average Bonchev–Trinajstić information content (AvgIpc) is 2.42. The number of likely N-dealkylation sites (N-methyl/N-ethyl adjacent to an activating group) is 1. The standard InChI is InChI=1S/C14H18F2N2O3/c1-18(8-14(20)2-4-21-5-3-14)13(19)9-6-12(17)11(16)7-10(9)15/h6-7,20H,2-5,8,17H2,1H3. The average molecular weight is 300 g/mol. The van der Waals surface area contributed by atoms with Crippen molar-refractivity contribution in [2.45, 2.75) is 18.4 Å². The highest BCUT2D eigenvalue weighted by Crippen LogP contribution is 2.23. The Morgan fingerprint density at radius 3 is 2.62 bits per heavy atom. The van der Waals surface area contributed by atoms with Crippen molar-refractivity contribution >= 4 is 11.6 Å². The van der Waals surface area contributed by atoms with Crippen LogP contribution in [-0.2, 0) is 4.74 Å². The van der Waals surface area contributed by atoms with Crippen molar-refractivity contribution in [3.63, 3.8) is 0 Å². The molecule has 0 atom stereocenters. The number of anilines is 1. The molecule has 1 aliphatic rings. The lowest BCUT2D eigenvalue weighted by Gasteiger charge is -2.35. The van der Waals surface area contributed by atoms with Crippen molar-refractivity contribution in [2.24, 2.45) is 0 Å². The fourth-order valence-corrected chi connectivity index (χ4v) is 2.36. The molecule has 1 aliphatic heterocycles. The van der Waals surface area contributed by atoms with Gasteiger partial charge in [-0.25, -0.2) is 8.78 Å². The molecule has 0 aromatic heterocycles. The lowest BCUT2D eigenvalue weighted by atomic mass is 9.93. The first-order valence-corrected chi connectivity index (χ1v) is 6.62. The van der Waals surface area contributed by atoms with Gasteiger partial charge in [-0.1, -0.05) is 0 Å². The van der Waals surface area contributed by atoms with Crippen molar-refractivity contribution in [1.29, 1.82) is 0 Å². The molecule has 2 rings (SSSR count). The second-order valence-corrected chi connectivity index (χ2v) is 5.35. The minimum atomic E-state index is -1.05. The number of hydrogen-bond acceptors (Lipinski definition) is 4. The Balaban J connectivity index is 2.14. The summed E-state index contributed by atoms with van der Waals surface area (Å²) in [5.41, 5.74) is 3.70. The van der Waals surface area contributed by atoms with Gasteiger partial charge < -0.3 is 20.5 Å². The maximum absolute atomic E-state index is 13.7. The van der Waals surface area contributed by atoms with Crippen LogP contribution in [0, 0.1) is 11.6 Å². The number of nitrogens with zero attached hydrogens (tertiary/aromatic N) is 1. The molecule has 0 radical (unpaired) electrons. The zero-order valence-corrected chi connectivity index (χ0v) is 11.7. The van der Waals surface area contributed by atoms with Crippen LogP contribution in [-0.4, -0.2) is 48.3 Å². The van der Waals surface area contributed by atoms with Crippen LogP contribution in [0.3, 0.4) is 0 Å². The monoisotopic (exact) mass is 300 g/mol. The van der Waals surface area contributed by atoms with E-state index in [2.05, 4.69) is 0 Å². The highest BCUT2D eigenvalue weighted by molar-refractivity contribution is 5.95. The molecule has 0 bridgehead atoms. The summed E-state index contributed by atoms with van der Waals surface area (Å²) in [6.45, 7) is 0.874. The van der Waals surface area contributed by atoms with Crippen LogP contribution in [0.5, 0.6) is 0 Å². The summed E-state index contributed by atoms with van der Waals surface area (Å²) in [7, 11) is 1.45. The van der Waals surface area contributed by atoms with Crippen molar-refractivity contribution < 1.29 is 23.4 Å². The van der Waals surface area contributed by atoms with Crippen LogP contribution in [0.4, 0.5) is 14.5 Å². The van der Waals surface area contributed by atoms with Gasteiger partial charge in [-0.2, -0.15) is 0 Å². The minimum Gasteiger partial charge on any atom is -0.396 e. The Bertz CT molecular complexity index is 545. The molecule has 1 aromatic carbocycles. The Labute approximate surface area is 121 Å². The van der Waals surface area contributed by atoms with E-state index in [-0.39, 0.29) is 17.8 Å². The van der Waals surface area contributed by atoms with Gasteiger partial charge in [0.05, 0.1) is 16.9 Å². The Morgan fingerprint density at radius 2 is 2.00 bits per heavy atom. The number of carbonyl (C=O) groups excluding carboxylic acids is 1. The second kappa shape index (κ2) is 5.95. The van der Waals surface area contributed by atoms with Gasteiger partial charge >= 0.3 is 0 Å². The molecule has 1 fully saturated rings. The van der Waals surface area contributed by atoms with Gasteiger partial charge in [0.1, 0.15) is 11.6 Å². The van der Waals surface area contributed by atoms with E-state index in [1.54, 1.807) is 0 Å². The van der Waals surface area contributed by atoms with Crippen LogP contribution < -0.4 is 5.73 Å². The molecule has 0 unspecified atom stereocenters. The van der Waals surface area contributed by atoms with E-state index < -0.39 is 23.1 Å². The molecular weight excluding hydrogens is 282 g/mol. The number of rotatable bonds is 3.